The molecule has 1 saturated heterocycles. The molecule has 0 saturated carbocycles. The molecule has 3 aromatic rings. The summed E-state index contributed by atoms with van der Waals surface area (Å²) in [6.07, 6.45) is 2.01. The first-order valence-electron chi connectivity index (χ1n) is 10.7. The summed E-state index contributed by atoms with van der Waals surface area (Å²) in [7, 11) is 0. The van der Waals surface area contributed by atoms with Gasteiger partial charge < -0.3 is 9.88 Å². The highest BCUT2D eigenvalue weighted by molar-refractivity contribution is 6.35. The number of carbonyl (C=O) groups excluding carboxylic acids is 1. The summed E-state index contributed by atoms with van der Waals surface area (Å²) in [5, 5.41) is 9.17. The van der Waals surface area contributed by atoms with Gasteiger partial charge in [0.2, 0.25) is 5.91 Å². The van der Waals surface area contributed by atoms with E-state index < -0.39 is 0 Å². The highest BCUT2D eigenvalue weighted by atomic mass is 35.5. The van der Waals surface area contributed by atoms with Gasteiger partial charge >= 0.3 is 0 Å². The van der Waals surface area contributed by atoms with Crippen LogP contribution in [0.5, 0.6) is 0 Å². The Hall–Kier alpha value is -2.45. The van der Waals surface area contributed by atoms with E-state index in [1.807, 2.05) is 11.0 Å². The molecule has 1 amide bonds. The molecule has 1 fully saturated rings. The zero-order chi connectivity index (χ0) is 23.0. The third-order valence-corrected chi connectivity index (χ3v) is 6.23. The molecule has 0 radical (unpaired) electrons. The second-order valence-electron chi connectivity index (χ2n) is 9.50. The first-order valence-corrected chi connectivity index (χ1v) is 11.4. The van der Waals surface area contributed by atoms with Crippen LogP contribution in [0.1, 0.15) is 57.3 Å². The number of rotatable bonds is 4. The molecule has 0 spiro atoms. The van der Waals surface area contributed by atoms with Gasteiger partial charge in [-0.25, -0.2) is 9.67 Å². The van der Waals surface area contributed by atoms with Gasteiger partial charge in [0.15, 0.2) is 11.2 Å². The van der Waals surface area contributed by atoms with Crippen molar-refractivity contribution in [3.63, 3.8) is 0 Å². The number of H-pyrrole nitrogens is 1. The molecule has 0 unspecified atom stereocenters. The Morgan fingerprint density at radius 3 is 2.59 bits per heavy atom. The van der Waals surface area contributed by atoms with E-state index in [0.717, 1.165) is 18.4 Å². The van der Waals surface area contributed by atoms with Crippen molar-refractivity contribution >= 4 is 40.3 Å². The van der Waals surface area contributed by atoms with Crippen molar-refractivity contribution in [2.45, 2.75) is 52.5 Å². The number of amides is 1. The fourth-order valence-corrected chi connectivity index (χ4v) is 4.43. The molecule has 1 N–H and O–H groups in total. The zero-order valence-electron chi connectivity index (χ0n) is 18.4. The normalized spacial score (nSPS) is 15.5. The van der Waals surface area contributed by atoms with Gasteiger partial charge in [-0.1, -0.05) is 55.3 Å². The molecule has 1 aromatic carbocycles. The number of halogens is 2. The lowest BCUT2D eigenvalue weighted by atomic mass is 9.90. The third-order valence-electron chi connectivity index (χ3n) is 5.64. The van der Waals surface area contributed by atoms with Crippen molar-refractivity contribution in [1.29, 1.82) is 0 Å². The third kappa shape index (κ3) is 4.96. The van der Waals surface area contributed by atoms with Crippen LogP contribution in [-0.4, -0.2) is 48.9 Å². The maximum Gasteiger partial charge on any atom is 0.281 e. The Kier molecular flexibility index (Phi) is 6.27. The van der Waals surface area contributed by atoms with Gasteiger partial charge in [-0.05, 0) is 36.0 Å². The van der Waals surface area contributed by atoms with Gasteiger partial charge in [-0.3, -0.25) is 9.59 Å². The van der Waals surface area contributed by atoms with E-state index in [2.05, 4.69) is 36.1 Å². The van der Waals surface area contributed by atoms with Gasteiger partial charge in [0.05, 0.1) is 6.54 Å². The molecule has 1 aliphatic heterocycles. The fourth-order valence-electron chi connectivity index (χ4n) is 3.96. The molecule has 10 heteroatoms. The second kappa shape index (κ2) is 8.83. The van der Waals surface area contributed by atoms with Crippen molar-refractivity contribution in [1.82, 2.24) is 29.9 Å². The second-order valence-corrected chi connectivity index (χ2v) is 10.3. The summed E-state index contributed by atoms with van der Waals surface area (Å²) in [5.41, 5.74) is 1.06. The van der Waals surface area contributed by atoms with E-state index in [4.69, 9.17) is 28.2 Å². The lowest BCUT2D eigenvalue weighted by Crippen LogP contribution is -2.39. The Balaban J connectivity index is 1.54. The number of piperidine rings is 1. The minimum absolute atomic E-state index is 0.0375. The highest BCUT2D eigenvalue weighted by Crippen LogP contribution is 2.28. The number of carbonyl (C=O) groups is 1. The van der Waals surface area contributed by atoms with Crippen LogP contribution in [-0.2, 0) is 11.3 Å². The first-order chi connectivity index (χ1) is 15.1. The van der Waals surface area contributed by atoms with E-state index in [1.165, 1.54) is 0 Å². The number of aromatic amines is 1. The average Bonchev–Trinajstić information content (AvgIpc) is 3.12. The molecule has 3 heterocycles. The lowest BCUT2D eigenvalue weighted by Gasteiger charge is -2.33. The maximum atomic E-state index is 12.6. The number of nitrogens with one attached hydrogen (secondary N) is 1. The molecule has 1 aliphatic rings. The predicted octanol–water partition coefficient (Wildman–Crippen LogP) is 4.01. The van der Waals surface area contributed by atoms with Crippen LogP contribution < -0.4 is 5.56 Å². The monoisotopic (exact) mass is 476 g/mol. The van der Waals surface area contributed by atoms with Crippen LogP contribution in [0.3, 0.4) is 0 Å². The number of aromatic nitrogens is 5. The minimum atomic E-state index is -0.315. The Labute approximate surface area is 195 Å². The number of likely N-dealkylation sites (tertiary alicyclic amines) is 1. The van der Waals surface area contributed by atoms with Gasteiger partial charge in [-0.2, -0.15) is 0 Å². The summed E-state index contributed by atoms with van der Waals surface area (Å²) in [4.78, 5) is 34.6. The number of hydrogen-bond acceptors (Lipinski definition) is 5. The Morgan fingerprint density at radius 2 is 1.94 bits per heavy atom. The summed E-state index contributed by atoms with van der Waals surface area (Å²) in [6, 6.07) is 5.23. The molecule has 8 nitrogen and oxygen atoms in total. The molecule has 0 aliphatic carbocycles. The van der Waals surface area contributed by atoms with E-state index in [9.17, 15) is 9.59 Å². The van der Waals surface area contributed by atoms with E-state index >= 15 is 0 Å². The quantitative estimate of drug-likeness (QED) is 0.613. The van der Waals surface area contributed by atoms with Crippen LogP contribution in [0.4, 0.5) is 0 Å². The average molecular weight is 477 g/mol. The van der Waals surface area contributed by atoms with Gasteiger partial charge in [0.25, 0.3) is 5.56 Å². The predicted molar refractivity (Wildman–Crippen MR) is 124 cm³/mol. The SMILES string of the molecule is CC(C)(C)CC(=O)N1CCC(c2nc3c(nnn3Cc3ccc(Cl)cc3Cl)c(=O)[nH]2)CC1. The number of fused-ring (bicyclic) bond motifs is 1. The number of benzene rings is 1. The minimum Gasteiger partial charge on any atom is -0.343 e. The van der Waals surface area contributed by atoms with Crippen LogP contribution >= 0.6 is 23.2 Å². The molecule has 0 atom stereocenters. The van der Waals surface area contributed by atoms with Crippen molar-refractivity contribution in [2.24, 2.45) is 5.41 Å². The highest BCUT2D eigenvalue weighted by Gasteiger charge is 2.28. The Morgan fingerprint density at radius 1 is 1.22 bits per heavy atom. The molecular formula is C22H26Cl2N6O2. The molecule has 170 valence electrons. The summed E-state index contributed by atoms with van der Waals surface area (Å²) in [5.74, 6) is 0.847. The Bertz CT molecular complexity index is 1210. The standard InChI is InChI=1S/C22H26Cl2N6O2/c1-22(2,3)11-17(31)29-8-6-13(7-9-29)19-25-20-18(21(32)26-19)27-28-30(20)12-14-4-5-15(23)10-16(14)24/h4-5,10,13H,6-9,11-12H2,1-3H3,(H,25,26,32). The van der Waals surface area contributed by atoms with Crippen molar-refractivity contribution < 1.29 is 4.79 Å². The topological polar surface area (TPSA) is 96.8 Å². The molecule has 0 bridgehead atoms. The number of nitrogens with zero attached hydrogens (tertiary/aromatic N) is 5. The summed E-state index contributed by atoms with van der Waals surface area (Å²) in [6.45, 7) is 7.82. The van der Waals surface area contributed by atoms with Crippen LogP contribution in [0.2, 0.25) is 10.0 Å². The molecule has 32 heavy (non-hydrogen) atoms. The molecule has 4 rings (SSSR count). The van der Waals surface area contributed by atoms with Gasteiger partial charge in [0.1, 0.15) is 5.82 Å². The van der Waals surface area contributed by atoms with Crippen LogP contribution in [0.25, 0.3) is 11.2 Å². The van der Waals surface area contributed by atoms with E-state index in [-0.39, 0.29) is 28.3 Å². The first kappa shape index (κ1) is 22.7. The smallest absolute Gasteiger partial charge is 0.281 e. The van der Waals surface area contributed by atoms with Crippen molar-refractivity contribution in [3.05, 3.63) is 50.0 Å². The van der Waals surface area contributed by atoms with Crippen LogP contribution in [0.15, 0.2) is 23.0 Å². The largest absolute Gasteiger partial charge is 0.343 e. The lowest BCUT2D eigenvalue weighted by molar-refractivity contribution is -0.134. The van der Waals surface area contributed by atoms with Gasteiger partial charge in [-0.15, -0.1) is 5.10 Å². The van der Waals surface area contributed by atoms with E-state index in [0.29, 0.717) is 47.6 Å². The van der Waals surface area contributed by atoms with Crippen molar-refractivity contribution in [2.75, 3.05) is 13.1 Å². The van der Waals surface area contributed by atoms with Crippen molar-refractivity contribution in [3.8, 4) is 0 Å². The molecule has 2 aromatic heterocycles. The van der Waals surface area contributed by atoms with E-state index in [1.54, 1.807) is 16.8 Å². The van der Waals surface area contributed by atoms with Gasteiger partial charge in [0, 0.05) is 35.5 Å². The zero-order valence-corrected chi connectivity index (χ0v) is 19.9. The maximum absolute atomic E-state index is 12.6. The summed E-state index contributed by atoms with van der Waals surface area (Å²) >= 11 is 12.3. The number of hydrogen-bond donors (Lipinski definition) is 1. The van der Waals surface area contributed by atoms with Crippen LogP contribution in [0, 0.1) is 5.41 Å². The molecular weight excluding hydrogens is 451 g/mol. The summed E-state index contributed by atoms with van der Waals surface area (Å²) < 4.78 is 1.57. The fraction of sp³-hybridized carbons (Fsp3) is 0.500.